The van der Waals surface area contributed by atoms with E-state index in [1.165, 1.54) is 0 Å². The van der Waals surface area contributed by atoms with Gasteiger partial charge in [0.25, 0.3) is 0 Å². The van der Waals surface area contributed by atoms with Gasteiger partial charge >= 0.3 is 0 Å². The Kier molecular flexibility index (Phi) is 2.19. The van der Waals surface area contributed by atoms with Gasteiger partial charge in [0.15, 0.2) is 11.9 Å². The molecule has 0 fully saturated rings. The molecule has 1 aliphatic rings. The Balaban J connectivity index is 2.12. The van der Waals surface area contributed by atoms with E-state index < -0.39 is 6.10 Å². The van der Waals surface area contributed by atoms with E-state index in [1.54, 1.807) is 0 Å². The topological polar surface area (TPSA) is 50.1 Å². The summed E-state index contributed by atoms with van der Waals surface area (Å²) in [5, 5.41) is 8.39. The lowest BCUT2D eigenvalue weighted by molar-refractivity contribution is -0.124. The van der Waals surface area contributed by atoms with Gasteiger partial charge in [-0.05, 0) is 11.6 Å². The van der Waals surface area contributed by atoms with E-state index in [9.17, 15) is 4.79 Å². The smallest absolute Gasteiger partial charge is 0.187 e. The van der Waals surface area contributed by atoms with Crippen LogP contribution in [0.1, 0.15) is 12.0 Å². The molecule has 3 heteroatoms. The molecule has 0 N–H and O–H groups in total. The molecule has 0 saturated heterocycles. The van der Waals surface area contributed by atoms with Crippen molar-refractivity contribution in [2.24, 2.45) is 0 Å². The predicted molar refractivity (Wildman–Crippen MR) is 49.8 cm³/mol. The molecule has 1 heterocycles. The van der Waals surface area contributed by atoms with Crippen LogP contribution in [0.15, 0.2) is 24.3 Å². The quantitative estimate of drug-likeness (QED) is 0.704. The van der Waals surface area contributed by atoms with E-state index in [-0.39, 0.29) is 12.2 Å². The van der Waals surface area contributed by atoms with E-state index in [0.29, 0.717) is 6.42 Å². The first-order chi connectivity index (χ1) is 6.81. The highest BCUT2D eigenvalue weighted by atomic mass is 16.5. The molecule has 0 amide bonds. The second-order valence-electron chi connectivity index (χ2n) is 3.22. The van der Waals surface area contributed by atoms with E-state index >= 15 is 0 Å². The van der Waals surface area contributed by atoms with Gasteiger partial charge in [0, 0.05) is 6.42 Å². The van der Waals surface area contributed by atoms with Gasteiger partial charge in [-0.2, -0.15) is 5.26 Å². The minimum atomic E-state index is -0.452. The molecule has 2 rings (SSSR count). The van der Waals surface area contributed by atoms with Gasteiger partial charge in [-0.15, -0.1) is 0 Å². The fraction of sp³-hybridized carbons (Fsp3) is 0.273. The van der Waals surface area contributed by atoms with E-state index in [2.05, 4.69) is 0 Å². The van der Waals surface area contributed by atoms with Crippen LogP contribution < -0.4 is 4.74 Å². The first-order valence-corrected chi connectivity index (χ1v) is 4.45. The number of nitriles is 1. The lowest BCUT2D eigenvalue weighted by Gasteiger charge is -2.05. The molecule has 0 aliphatic carbocycles. The lowest BCUT2D eigenvalue weighted by Crippen LogP contribution is -2.24. The Morgan fingerprint density at radius 2 is 2.36 bits per heavy atom. The Labute approximate surface area is 81.9 Å². The summed E-state index contributed by atoms with van der Waals surface area (Å²) in [6, 6.07) is 9.41. The second-order valence-corrected chi connectivity index (χ2v) is 3.22. The second kappa shape index (κ2) is 3.51. The van der Waals surface area contributed by atoms with Crippen molar-refractivity contribution < 1.29 is 9.53 Å². The van der Waals surface area contributed by atoms with Gasteiger partial charge in [-0.3, -0.25) is 4.79 Å². The lowest BCUT2D eigenvalue weighted by atomic mass is 10.1. The maximum atomic E-state index is 11.4. The highest BCUT2D eigenvalue weighted by Gasteiger charge is 2.27. The molecule has 3 nitrogen and oxygen atoms in total. The molecule has 0 spiro atoms. The number of fused-ring (bicyclic) bond motifs is 1. The number of ether oxygens (including phenoxy) is 1. The third-order valence-corrected chi connectivity index (χ3v) is 2.26. The highest BCUT2D eigenvalue weighted by Crippen LogP contribution is 2.28. The zero-order chi connectivity index (χ0) is 9.97. The molecule has 1 atom stereocenters. The number of carbonyl (C=O) groups excluding carboxylic acids is 1. The molecule has 0 radical (unpaired) electrons. The Morgan fingerprint density at radius 3 is 3.07 bits per heavy atom. The fourth-order valence-corrected chi connectivity index (χ4v) is 1.55. The summed E-state index contributed by atoms with van der Waals surface area (Å²) in [7, 11) is 0. The number of para-hydroxylation sites is 1. The van der Waals surface area contributed by atoms with Gasteiger partial charge < -0.3 is 4.74 Å². The zero-order valence-electron chi connectivity index (χ0n) is 7.56. The van der Waals surface area contributed by atoms with Crippen LogP contribution in [-0.4, -0.2) is 11.9 Å². The van der Waals surface area contributed by atoms with Gasteiger partial charge in [0.1, 0.15) is 5.75 Å². The molecule has 70 valence electrons. The summed E-state index contributed by atoms with van der Waals surface area (Å²) in [6.07, 6.45) is 0.0714. The number of benzene rings is 1. The van der Waals surface area contributed by atoms with E-state index in [4.69, 9.17) is 10.00 Å². The summed E-state index contributed by atoms with van der Waals surface area (Å²) < 4.78 is 5.42. The third kappa shape index (κ3) is 1.47. The van der Waals surface area contributed by atoms with E-state index in [0.717, 1.165) is 11.3 Å². The van der Waals surface area contributed by atoms with E-state index in [1.807, 2.05) is 30.3 Å². The van der Waals surface area contributed by atoms with Gasteiger partial charge in [-0.1, -0.05) is 18.2 Å². The van der Waals surface area contributed by atoms with Crippen molar-refractivity contribution in [1.82, 2.24) is 0 Å². The minimum Gasteiger partial charge on any atom is -0.482 e. The maximum Gasteiger partial charge on any atom is 0.187 e. The van der Waals surface area contributed by atoms with Crippen molar-refractivity contribution in [3.63, 3.8) is 0 Å². The summed E-state index contributed by atoms with van der Waals surface area (Å²) in [4.78, 5) is 11.4. The maximum absolute atomic E-state index is 11.4. The van der Waals surface area contributed by atoms with Crippen molar-refractivity contribution in [2.45, 2.75) is 18.9 Å². The molecule has 0 aromatic heterocycles. The Bertz CT molecular complexity index is 381. The molecule has 0 bridgehead atoms. The summed E-state index contributed by atoms with van der Waals surface area (Å²) in [5.74, 6) is 0.632. The number of ketones is 1. The highest BCUT2D eigenvalue weighted by molar-refractivity contribution is 5.86. The molecular formula is C11H9NO2. The molecular weight excluding hydrogens is 178 g/mol. The Hall–Kier alpha value is -1.82. The average Bonchev–Trinajstić information content (AvgIpc) is 2.61. The SMILES string of the molecule is N#CCC(=O)C1Cc2ccccc2O1. The van der Waals surface area contributed by atoms with Gasteiger partial charge in [0.05, 0.1) is 12.5 Å². The average molecular weight is 187 g/mol. The standard InChI is InChI=1S/C11H9NO2/c12-6-5-9(13)11-7-8-3-1-2-4-10(8)14-11/h1-4,11H,5,7H2. The van der Waals surface area contributed by atoms with Crippen molar-refractivity contribution in [2.75, 3.05) is 0 Å². The number of hydrogen-bond donors (Lipinski definition) is 0. The van der Waals surface area contributed by atoms with Crippen LogP contribution in [0.4, 0.5) is 0 Å². The molecule has 1 aromatic carbocycles. The van der Waals surface area contributed by atoms with Gasteiger partial charge in [-0.25, -0.2) is 0 Å². The van der Waals surface area contributed by atoms with Crippen LogP contribution in [0, 0.1) is 11.3 Å². The number of nitrogens with zero attached hydrogens (tertiary/aromatic N) is 1. The minimum absolute atomic E-state index is 0.0708. The molecule has 1 unspecified atom stereocenters. The van der Waals surface area contributed by atoms with Crippen LogP contribution in [0.2, 0.25) is 0 Å². The van der Waals surface area contributed by atoms with Gasteiger partial charge in [0.2, 0.25) is 0 Å². The first kappa shape index (κ1) is 8.76. The number of carbonyl (C=O) groups is 1. The van der Waals surface area contributed by atoms with Crippen molar-refractivity contribution >= 4 is 5.78 Å². The van der Waals surface area contributed by atoms with Crippen molar-refractivity contribution in [1.29, 1.82) is 5.26 Å². The molecule has 1 aromatic rings. The zero-order valence-corrected chi connectivity index (χ0v) is 7.56. The molecule has 1 aliphatic heterocycles. The summed E-state index contributed by atoms with van der Waals surface area (Å²) >= 11 is 0. The predicted octanol–water partition coefficient (Wildman–Crippen LogP) is 1.47. The van der Waals surface area contributed by atoms with Crippen molar-refractivity contribution in [3.8, 4) is 11.8 Å². The van der Waals surface area contributed by atoms with Crippen LogP contribution in [-0.2, 0) is 11.2 Å². The molecule has 0 saturated carbocycles. The number of hydrogen-bond acceptors (Lipinski definition) is 3. The number of rotatable bonds is 2. The number of Topliss-reactive ketones (excluding diaryl/α,β-unsaturated/α-hetero) is 1. The van der Waals surface area contributed by atoms with Crippen molar-refractivity contribution in [3.05, 3.63) is 29.8 Å². The summed E-state index contributed by atoms with van der Waals surface area (Å²) in [6.45, 7) is 0. The summed E-state index contributed by atoms with van der Waals surface area (Å²) in [5.41, 5.74) is 1.05. The van der Waals surface area contributed by atoms with Crippen LogP contribution in [0.3, 0.4) is 0 Å². The van der Waals surface area contributed by atoms with Crippen LogP contribution in [0.25, 0.3) is 0 Å². The largest absolute Gasteiger partial charge is 0.482 e. The monoisotopic (exact) mass is 187 g/mol. The van der Waals surface area contributed by atoms with Crippen LogP contribution in [0.5, 0.6) is 5.75 Å². The third-order valence-electron chi connectivity index (χ3n) is 2.26. The normalized spacial score (nSPS) is 18.1. The van der Waals surface area contributed by atoms with Crippen LogP contribution >= 0.6 is 0 Å². The molecule has 14 heavy (non-hydrogen) atoms. The first-order valence-electron chi connectivity index (χ1n) is 4.45. The Morgan fingerprint density at radius 1 is 1.57 bits per heavy atom. The fourth-order valence-electron chi connectivity index (χ4n) is 1.55.